The Morgan fingerprint density at radius 1 is 1.47 bits per heavy atom. The number of nitrogens with zero attached hydrogens (tertiary/aromatic N) is 3. The van der Waals surface area contributed by atoms with E-state index in [1.807, 2.05) is 18.7 Å². The number of hydrogen-bond acceptors (Lipinski definition) is 6. The molecule has 7 heteroatoms. The molecule has 0 radical (unpaired) electrons. The van der Waals surface area contributed by atoms with Crippen molar-refractivity contribution in [1.82, 2.24) is 15.3 Å². The van der Waals surface area contributed by atoms with E-state index in [4.69, 9.17) is 5.11 Å². The minimum absolute atomic E-state index is 0.104. The van der Waals surface area contributed by atoms with Gasteiger partial charge in [0.25, 0.3) is 0 Å². The van der Waals surface area contributed by atoms with Crippen LogP contribution in [0.2, 0.25) is 0 Å². The molecule has 0 aliphatic carbocycles. The predicted molar refractivity (Wildman–Crippen MR) is 72.8 cm³/mol. The number of nitrogens with one attached hydrogen (secondary N) is 2. The van der Waals surface area contributed by atoms with Crippen molar-refractivity contribution in [3.05, 3.63) is 11.8 Å². The molecular formula is C12H19N5O2. The van der Waals surface area contributed by atoms with Gasteiger partial charge < -0.3 is 20.6 Å². The maximum Gasteiger partial charge on any atom is 0.341 e. The molecule has 0 unspecified atom stereocenters. The molecule has 1 aromatic heterocycles. The fourth-order valence-electron chi connectivity index (χ4n) is 1.93. The largest absolute Gasteiger partial charge is 0.477 e. The normalized spacial score (nSPS) is 15.6. The highest BCUT2D eigenvalue weighted by molar-refractivity contribution is 5.93. The van der Waals surface area contributed by atoms with Crippen LogP contribution in [0.4, 0.5) is 11.8 Å². The van der Waals surface area contributed by atoms with E-state index in [0.717, 1.165) is 26.2 Å². The van der Waals surface area contributed by atoms with Crippen molar-refractivity contribution < 1.29 is 9.90 Å². The highest BCUT2D eigenvalue weighted by atomic mass is 16.4. The number of anilines is 2. The Morgan fingerprint density at radius 3 is 2.74 bits per heavy atom. The van der Waals surface area contributed by atoms with Gasteiger partial charge in [-0.2, -0.15) is 4.98 Å². The van der Waals surface area contributed by atoms with Gasteiger partial charge in [-0.25, -0.2) is 9.78 Å². The van der Waals surface area contributed by atoms with Crippen molar-refractivity contribution in [1.29, 1.82) is 0 Å². The standard InChI is InChI=1S/C12H19N5O2/c1-8(2)15-10-9(11(18)19)7-14-12(16-10)17-5-3-13-4-6-17/h7-8,13H,3-6H2,1-2H3,(H,18,19)(H,14,15,16). The van der Waals surface area contributed by atoms with Gasteiger partial charge in [-0.05, 0) is 13.8 Å². The fraction of sp³-hybridized carbons (Fsp3) is 0.583. The lowest BCUT2D eigenvalue weighted by atomic mass is 10.3. The van der Waals surface area contributed by atoms with E-state index in [-0.39, 0.29) is 11.6 Å². The van der Waals surface area contributed by atoms with Gasteiger partial charge in [0, 0.05) is 38.4 Å². The second-order valence-electron chi connectivity index (χ2n) is 4.77. The van der Waals surface area contributed by atoms with Crippen molar-refractivity contribution >= 4 is 17.7 Å². The number of hydrogen-bond donors (Lipinski definition) is 3. The molecule has 3 N–H and O–H groups in total. The van der Waals surface area contributed by atoms with E-state index in [9.17, 15) is 4.79 Å². The summed E-state index contributed by atoms with van der Waals surface area (Å²) in [6, 6.07) is 0.115. The second kappa shape index (κ2) is 5.83. The zero-order chi connectivity index (χ0) is 13.8. The van der Waals surface area contributed by atoms with Gasteiger partial charge in [0.05, 0.1) is 0 Å². The average molecular weight is 265 g/mol. The summed E-state index contributed by atoms with van der Waals surface area (Å²) in [4.78, 5) is 21.7. The second-order valence-corrected chi connectivity index (χ2v) is 4.77. The Bertz CT molecular complexity index is 457. The van der Waals surface area contributed by atoms with Crippen LogP contribution in [0.15, 0.2) is 6.20 Å². The molecule has 0 saturated carbocycles. The third-order valence-corrected chi connectivity index (χ3v) is 2.83. The van der Waals surface area contributed by atoms with Crippen molar-refractivity contribution in [2.45, 2.75) is 19.9 Å². The molecule has 0 spiro atoms. The van der Waals surface area contributed by atoms with Crippen LogP contribution in [0, 0.1) is 0 Å². The summed E-state index contributed by atoms with van der Waals surface area (Å²) in [6.07, 6.45) is 1.37. The van der Waals surface area contributed by atoms with Crippen LogP contribution in [0.5, 0.6) is 0 Å². The van der Waals surface area contributed by atoms with Gasteiger partial charge in [-0.15, -0.1) is 0 Å². The van der Waals surface area contributed by atoms with Gasteiger partial charge in [-0.3, -0.25) is 0 Å². The first-order chi connectivity index (χ1) is 9.08. The lowest BCUT2D eigenvalue weighted by molar-refractivity contribution is 0.0697. The molecular weight excluding hydrogens is 246 g/mol. The number of carboxylic acid groups (broad SMARTS) is 1. The first kappa shape index (κ1) is 13.5. The fourth-order valence-corrected chi connectivity index (χ4v) is 1.93. The summed E-state index contributed by atoms with van der Waals surface area (Å²) in [5.41, 5.74) is 0.104. The van der Waals surface area contributed by atoms with Crippen LogP contribution >= 0.6 is 0 Å². The quantitative estimate of drug-likeness (QED) is 0.726. The van der Waals surface area contributed by atoms with Crippen molar-refractivity contribution in [2.24, 2.45) is 0 Å². The smallest absolute Gasteiger partial charge is 0.341 e. The van der Waals surface area contributed by atoms with E-state index >= 15 is 0 Å². The minimum Gasteiger partial charge on any atom is -0.477 e. The van der Waals surface area contributed by atoms with Crippen LogP contribution in [0.25, 0.3) is 0 Å². The molecule has 0 amide bonds. The summed E-state index contributed by atoms with van der Waals surface area (Å²) in [7, 11) is 0. The maximum absolute atomic E-state index is 11.1. The summed E-state index contributed by atoms with van der Waals surface area (Å²) >= 11 is 0. The van der Waals surface area contributed by atoms with E-state index < -0.39 is 5.97 Å². The van der Waals surface area contributed by atoms with Crippen LogP contribution in [0.3, 0.4) is 0 Å². The molecule has 104 valence electrons. The van der Waals surface area contributed by atoms with Crippen molar-refractivity contribution in [3.63, 3.8) is 0 Å². The van der Waals surface area contributed by atoms with E-state index in [0.29, 0.717) is 11.8 Å². The summed E-state index contributed by atoms with van der Waals surface area (Å²) in [5.74, 6) is -0.0595. The monoisotopic (exact) mass is 265 g/mol. The van der Waals surface area contributed by atoms with Gasteiger partial charge in [0.1, 0.15) is 11.4 Å². The molecule has 1 aliphatic rings. The lowest BCUT2D eigenvalue weighted by Crippen LogP contribution is -2.44. The number of aromatic nitrogens is 2. The third-order valence-electron chi connectivity index (χ3n) is 2.83. The van der Waals surface area contributed by atoms with Crippen LogP contribution < -0.4 is 15.5 Å². The summed E-state index contributed by atoms with van der Waals surface area (Å²) in [5, 5.41) is 15.5. The Hall–Kier alpha value is -1.89. The van der Waals surface area contributed by atoms with E-state index in [1.54, 1.807) is 0 Å². The summed E-state index contributed by atoms with van der Waals surface area (Å²) in [6.45, 7) is 7.31. The molecule has 0 atom stereocenters. The topological polar surface area (TPSA) is 90.4 Å². The average Bonchev–Trinajstić information content (AvgIpc) is 2.38. The third kappa shape index (κ3) is 3.31. The van der Waals surface area contributed by atoms with Crippen LogP contribution in [-0.2, 0) is 0 Å². The minimum atomic E-state index is -1.02. The first-order valence-corrected chi connectivity index (χ1v) is 6.40. The van der Waals surface area contributed by atoms with Gasteiger partial charge in [0.2, 0.25) is 5.95 Å². The molecule has 0 aromatic carbocycles. The van der Waals surface area contributed by atoms with Crippen molar-refractivity contribution in [3.8, 4) is 0 Å². The zero-order valence-electron chi connectivity index (χ0n) is 11.2. The van der Waals surface area contributed by atoms with Crippen LogP contribution in [0.1, 0.15) is 24.2 Å². The molecule has 1 aliphatic heterocycles. The molecule has 2 heterocycles. The van der Waals surface area contributed by atoms with Gasteiger partial charge >= 0.3 is 5.97 Å². The Labute approximate surface area is 112 Å². The van der Waals surface area contributed by atoms with Gasteiger partial charge in [-0.1, -0.05) is 0 Å². The van der Waals surface area contributed by atoms with Crippen molar-refractivity contribution in [2.75, 3.05) is 36.4 Å². The Morgan fingerprint density at radius 2 is 2.16 bits per heavy atom. The Balaban J connectivity index is 2.28. The van der Waals surface area contributed by atoms with E-state index in [2.05, 4.69) is 20.6 Å². The molecule has 1 saturated heterocycles. The first-order valence-electron chi connectivity index (χ1n) is 6.40. The number of rotatable bonds is 4. The SMILES string of the molecule is CC(C)Nc1nc(N2CCNCC2)ncc1C(=O)O. The Kier molecular flexibility index (Phi) is 4.16. The van der Waals surface area contributed by atoms with Gasteiger partial charge in [0.15, 0.2) is 0 Å². The number of aromatic carboxylic acids is 1. The highest BCUT2D eigenvalue weighted by Gasteiger charge is 2.18. The maximum atomic E-state index is 11.1. The van der Waals surface area contributed by atoms with Crippen LogP contribution in [-0.4, -0.2) is 53.3 Å². The molecule has 19 heavy (non-hydrogen) atoms. The number of piperazine rings is 1. The molecule has 7 nitrogen and oxygen atoms in total. The number of carbonyl (C=O) groups is 1. The number of carboxylic acids is 1. The highest BCUT2D eigenvalue weighted by Crippen LogP contribution is 2.17. The summed E-state index contributed by atoms with van der Waals surface area (Å²) < 4.78 is 0. The molecule has 0 bridgehead atoms. The lowest BCUT2D eigenvalue weighted by Gasteiger charge is -2.27. The molecule has 1 fully saturated rings. The zero-order valence-corrected chi connectivity index (χ0v) is 11.2. The predicted octanol–water partition coefficient (Wildman–Crippen LogP) is 0.405. The molecule has 2 rings (SSSR count). The molecule has 1 aromatic rings. The van der Waals surface area contributed by atoms with E-state index in [1.165, 1.54) is 6.20 Å².